The highest BCUT2D eigenvalue weighted by atomic mass is 31.3. The molecule has 2 aliphatic heterocycles. The number of phosphoric ester groups is 2. The number of ketones is 1. The van der Waals surface area contributed by atoms with E-state index in [1.807, 2.05) is 6.92 Å². The second-order valence-electron chi connectivity index (χ2n) is 18.7. The molecule has 0 aliphatic carbocycles. The molecule has 0 fully saturated rings. The van der Waals surface area contributed by atoms with E-state index < -0.39 is 107 Å². The maximum atomic E-state index is 13.8. The Hall–Kier alpha value is -3.91. The molecule has 0 saturated carbocycles. The van der Waals surface area contributed by atoms with Gasteiger partial charge >= 0.3 is 33.3 Å². The molecule has 2 bridgehead atoms. The third-order valence-corrected chi connectivity index (χ3v) is 14.9. The Morgan fingerprint density at radius 2 is 1.51 bits per heavy atom. The Morgan fingerprint density at radius 3 is 2.20 bits per heavy atom. The molecule has 10 atom stereocenters. The van der Waals surface area contributed by atoms with Crippen molar-refractivity contribution in [2.75, 3.05) is 25.6 Å². The summed E-state index contributed by atoms with van der Waals surface area (Å²) < 4.78 is 59.2. The number of aliphatic hydroxyl groups is 3. The minimum atomic E-state index is -5.68. The van der Waals surface area contributed by atoms with Gasteiger partial charge in [-0.15, -0.1) is 0 Å². The first kappa shape index (κ1) is 64.4. The molecule has 74 heavy (non-hydrogen) atoms. The summed E-state index contributed by atoms with van der Waals surface area (Å²) in [7, 11) is -11.3. The summed E-state index contributed by atoms with van der Waals surface area (Å²) in [6, 6.07) is 1.28. The van der Waals surface area contributed by atoms with E-state index in [-0.39, 0.29) is 31.5 Å². The van der Waals surface area contributed by atoms with E-state index in [2.05, 4.69) is 40.5 Å². The van der Waals surface area contributed by atoms with Crippen molar-refractivity contribution in [3.05, 3.63) is 83.5 Å². The van der Waals surface area contributed by atoms with E-state index in [9.17, 15) is 53.4 Å². The lowest BCUT2D eigenvalue weighted by atomic mass is 9.88. The van der Waals surface area contributed by atoms with Gasteiger partial charge in [0.15, 0.2) is 11.9 Å². The van der Waals surface area contributed by atoms with Gasteiger partial charge < -0.3 is 45.1 Å². The SMILES string of the molecule is CCCCC/C=C\C/C=C\CCCCCCCCCC(=O)O[C@@H]1COC(=O)CCC/C=C\C[C@H]2/C=C\C(=O)[C@H](/C=C/[C@@H](O)CCCCC)[C@H](O)[C@H](O)[C@@H](COP(=O)(O)OP(=O)(O)OC1)O[C@H]2n1ccc(N)nc1=O. The highest BCUT2D eigenvalue weighted by molar-refractivity contribution is 7.61. The quantitative estimate of drug-likeness (QED) is 0.0244. The van der Waals surface area contributed by atoms with Gasteiger partial charge in [0.05, 0.1) is 31.3 Å². The number of hydrogen-bond acceptors (Lipinski definition) is 17. The van der Waals surface area contributed by atoms with E-state index >= 15 is 0 Å². The molecule has 1 aromatic rings. The third-order valence-electron chi connectivity index (χ3n) is 12.3. The number of esters is 2. The molecule has 3 rings (SSSR count). The van der Waals surface area contributed by atoms with E-state index in [0.717, 1.165) is 81.3 Å². The number of carbonyl (C=O) groups is 3. The molecule has 0 aromatic carbocycles. The minimum Gasteiger partial charge on any atom is -0.462 e. The van der Waals surface area contributed by atoms with Crippen LogP contribution in [0.2, 0.25) is 0 Å². The number of unbranched alkanes of at least 4 members (excludes halogenated alkanes) is 12. The average Bonchev–Trinajstić information content (AvgIpc) is 3.34. The third kappa shape index (κ3) is 26.7. The predicted molar refractivity (Wildman–Crippen MR) is 279 cm³/mol. The second kappa shape index (κ2) is 36.2. The number of nitrogens with two attached hydrogens (primary N) is 1. The largest absolute Gasteiger partial charge is 0.481 e. The summed E-state index contributed by atoms with van der Waals surface area (Å²) >= 11 is 0. The number of aromatic nitrogens is 2. The number of carbonyl (C=O) groups excluding carboxylic acids is 3. The van der Waals surface area contributed by atoms with Crippen molar-refractivity contribution in [1.82, 2.24) is 9.55 Å². The Bertz CT molecular complexity index is 2130. The van der Waals surface area contributed by atoms with Crippen molar-refractivity contribution in [3.8, 4) is 0 Å². The van der Waals surface area contributed by atoms with Crippen LogP contribution in [0.25, 0.3) is 0 Å². The van der Waals surface area contributed by atoms with Crippen LogP contribution in [-0.2, 0) is 51.1 Å². The zero-order chi connectivity index (χ0) is 54.2. The standard InChI is InChI=1S/C52H83N3O17P2/c1-3-5-7-8-9-10-11-12-13-14-15-16-17-18-19-20-26-30-48(59)70-42-37-67-47(58)29-25-22-21-24-27-40-31-34-44(57)43(33-32-41(56)28-23-6-4-2)49(60)50(61)45(39-69-74(65,66)72-73(63,64)68-38-42)71-51(40)55-36-35-46(53)54-52(55)62/h9-10,12-13,21,24,31-36,40-43,45,49-51,56,60-61H,3-8,11,14-20,22-23,25-30,37-39H2,1-2H3,(H,63,64)(H,65,66)(H2,53,54,62)/b10-9-,13-12-,24-21-,33-32+,34-31-/t40-,41-,42+,43-,45+,49-,50+,51+/m0/s1. The summed E-state index contributed by atoms with van der Waals surface area (Å²) in [5.41, 5.74) is 4.84. The molecule has 0 radical (unpaired) electrons. The first-order chi connectivity index (χ1) is 35.4. The number of nitrogen functional groups attached to an aromatic ring is 1. The van der Waals surface area contributed by atoms with Crippen molar-refractivity contribution >= 4 is 39.2 Å². The minimum absolute atomic E-state index is 0.00143. The number of hydrogen-bond donors (Lipinski definition) is 6. The van der Waals surface area contributed by atoms with Gasteiger partial charge in [0.25, 0.3) is 0 Å². The van der Waals surface area contributed by atoms with E-state index in [1.165, 1.54) is 49.8 Å². The van der Waals surface area contributed by atoms with Crippen LogP contribution in [0.1, 0.15) is 161 Å². The average molecular weight is 1080 g/mol. The summed E-state index contributed by atoms with van der Waals surface area (Å²) in [6.07, 6.45) is 25.4. The highest BCUT2D eigenvalue weighted by Gasteiger charge is 2.42. The fraction of sp³-hybridized carbons (Fsp3) is 0.673. The number of anilines is 1. The zero-order valence-corrected chi connectivity index (χ0v) is 45.0. The highest BCUT2D eigenvalue weighted by Crippen LogP contribution is 2.60. The number of fused-ring (bicyclic) bond motifs is 3. The predicted octanol–water partition coefficient (Wildman–Crippen LogP) is 8.73. The first-order valence-corrected chi connectivity index (χ1v) is 29.3. The molecule has 1 aromatic heterocycles. The molecule has 22 heteroatoms. The van der Waals surface area contributed by atoms with E-state index in [1.54, 1.807) is 12.2 Å². The van der Waals surface area contributed by atoms with Gasteiger partial charge in [0.2, 0.25) is 0 Å². The van der Waals surface area contributed by atoms with Crippen molar-refractivity contribution in [2.24, 2.45) is 11.8 Å². The number of nitrogens with zero attached hydrogens (tertiary/aromatic N) is 2. The van der Waals surface area contributed by atoms with Gasteiger partial charge in [-0.2, -0.15) is 9.29 Å². The van der Waals surface area contributed by atoms with Gasteiger partial charge in [0, 0.05) is 25.0 Å². The number of cyclic esters (lactones) is 1. The number of allylic oxidation sites excluding steroid dienone is 7. The molecule has 0 amide bonds. The molecule has 2 unspecified atom stereocenters. The van der Waals surface area contributed by atoms with Crippen LogP contribution in [0.4, 0.5) is 5.82 Å². The molecule has 2 aliphatic rings. The number of rotatable bonds is 24. The van der Waals surface area contributed by atoms with Crippen LogP contribution >= 0.6 is 15.6 Å². The summed E-state index contributed by atoms with van der Waals surface area (Å²) in [6.45, 7) is 1.52. The molecular formula is C52H83N3O17P2. The fourth-order valence-corrected chi connectivity index (χ4v) is 10.2. The Morgan fingerprint density at radius 1 is 0.865 bits per heavy atom. The maximum Gasteiger partial charge on any atom is 0.481 e. The van der Waals surface area contributed by atoms with Crippen molar-refractivity contribution < 1.29 is 76.2 Å². The second-order valence-corrected chi connectivity index (χ2v) is 21.7. The van der Waals surface area contributed by atoms with Crippen molar-refractivity contribution in [1.29, 1.82) is 0 Å². The van der Waals surface area contributed by atoms with Gasteiger partial charge in [-0.05, 0) is 76.4 Å². The van der Waals surface area contributed by atoms with Crippen molar-refractivity contribution in [2.45, 2.75) is 192 Å². The summed E-state index contributed by atoms with van der Waals surface area (Å²) in [4.78, 5) is 78.0. The van der Waals surface area contributed by atoms with E-state index in [4.69, 9.17) is 29.0 Å². The van der Waals surface area contributed by atoms with Crippen LogP contribution in [0.5, 0.6) is 0 Å². The first-order valence-electron chi connectivity index (χ1n) is 26.4. The normalized spacial score (nSPS) is 28.7. The van der Waals surface area contributed by atoms with Crippen LogP contribution in [0.3, 0.4) is 0 Å². The topological polar surface area (TPSA) is 303 Å². The fourth-order valence-electron chi connectivity index (χ4n) is 8.08. The van der Waals surface area contributed by atoms with Crippen molar-refractivity contribution in [3.63, 3.8) is 0 Å². The maximum absolute atomic E-state index is 13.8. The van der Waals surface area contributed by atoms with Crippen LogP contribution in [0, 0.1) is 11.8 Å². The Labute approximate surface area is 436 Å². The number of ether oxygens (including phenoxy) is 3. The zero-order valence-electron chi connectivity index (χ0n) is 43.2. The Kier molecular flexibility index (Phi) is 31.5. The molecule has 418 valence electrons. The summed E-state index contributed by atoms with van der Waals surface area (Å²) in [5.74, 6) is -4.70. The monoisotopic (exact) mass is 1080 g/mol. The van der Waals surface area contributed by atoms with Crippen LogP contribution in [0.15, 0.2) is 77.8 Å². The van der Waals surface area contributed by atoms with Gasteiger partial charge in [0.1, 0.15) is 30.9 Å². The molecule has 7 N–H and O–H groups in total. The lowest BCUT2D eigenvalue weighted by Crippen LogP contribution is -2.49. The van der Waals surface area contributed by atoms with Gasteiger partial charge in [-0.1, -0.05) is 133 Å². The lowest BCUT2D eigenvalue weighted by molar-refractivity contribution is -0.167. The lowest BCUT2D eigenvalue weighted by Gasteiger charge is -2.36. The van der Waals surface area contributed by atoms with Crippen LogP contribution < -0.4 is 11.4 Å². The van der Waals surface area contributed by atoms with E-state index in [0.29, 0.717) is 25.7 Å². The molecule has 0 spiro atoms. The molecule has 0 saturated heterocycles. The smallest absolute Gasteiger partial charge is 0.462 e. The van der Waals surface area contributed by atoms with Crippen LogP contribution in [-0.4, -0.2) is 103 Å². The number of phosphoric acid groups is 2. The Balaban J connectivity index is 1.75. The number of aliphatic hydroxyl groups excluding tert-OH is 3. The molecule has 3 heterocycles. The van der Waals surface area contributed by atoms with Gasteiger partial charge in [-0.25, -0.2) is 13.9 Å². The molecule has 20 nitrogen and oxygen atoms in total. The molecular weight excluding hydrogens is 1000 g/mol. The van der Waals surface area contributed by atoms with Gasteiger partial charge in [-0.3, -0.25) is 28.0 Å². The summed E-state index contributed by atoms with van der Waals surface area (Å²) in [5, 5.41) is 33.9.